The number of hydrogen-bond acceptors (Lipinski definition) is 2. The number of rotatable bonds is 6. The maximum Gasteiger partial charge on any atom is 0.416 e. The minimum atomic E-state index is -4.38. The fourth-order valence-electron chi connectivity index (χ4n) is 1.88. The van der Waals surface area contributed by atoms with Gasteiger partial charge in [0, 0.05) is 12.5 Å². The van der Waals surface area contributed by atoms with Crippen LogP contribution in [0.25, 0.3) is 0 Å². The van der Waals surface area contributed by atoms with Gasteiger partial charge in [0.15, 0.2) is 0 Å². The second-order valence-electron chi connectivity index (χ2n) is 5.06. The third-order valence-electron chi connectivity index (χ3n) is 3.22. The molecule has 2 atom stereocenters. The SMILES string of the molecule is CCNCC(C)C(=O)NC(C)c1cccc(C(F)(F)F)c1. The van der Waals surface area contributed by atoms with Crippen LogP contribution in [0.1, 0.15) is 37.9 Å². The molecule has 1 aromatic carbocycles. The van der Waals surface area contributed by atoms with E-state index in [2.05, 4.69) is 10.6 Å². The van der Waals surface area contributed by atoms with Crippen molar-refractivity contribution in [3.63, 3.8) is 0 Å². The molecule has 0 aliphatic heterocycles. The molecule has 1 aromatic rings. The van der Waals surface area contributed by atoms with Crippen LogP contribution < -0.4 is 10.6 Å². The second-order valence-corrected chi connectivity index (χ2v) is 5.06. The van der Waals surface area contributed by atoms with Crippen molar-refractivity contribution in [1.82, 2.24) is 10.6 Å². The first kappa shape index (κ1) is 17.5. The Bertz CT molecular complexity index is 474. The first-order valence-electron chi connectivity index (χ1n) is 6.94. The summed E-state index contributed by atoms with van der Waals surface area (Å²) in [5, 5.41) is 5.80. The van der Waals surface area contributed by atoms with Crippen molar-refractivity contribution in [3.05, 3.63) is 35.4 Å². The smallest absolute Gasteiger partial charge is 0.349 e. The molecule has 3 nitrogen and oxygen atoms in total. The Balaban J connectivity index is 2.71. The van der Waals surface area contributed by atoms with Gasteiger partial charge in [0.25, 0.3) is 0 Å². The third kappa shape index (κ3) is 5.38. The zero-order valence-electron chi connectivity index (χ0n) is 12.4. The number of alkyl halides is 3. The molecule has 0 saturated heterocycles. The molecule has 0 fully saturated rings. The highest BCUT2D eigenvalue weighted by molar-refractivity contribution is 5.78. The average Bonchev–Trinajstić information content (AvgIpc) is 2.43. The molecule has 6 heteroatoms. The van der Waals surface area contributed by atoms with E-state index in [1.54, 1.807) is 19.9 Å². The Hall–Kier alpha value is -1.56. The summed E-state index contributed by atoms with van der Waals surface area (Å²) in [6, 6.07) is 4.55. The number of halogens is 3. The van der Waals surface area contributed by atoms with Crippen LogP contribution in [-0.4, -0.2) is 19.0 Å². The number of amides is 1. The highest BCUT2D eigenvalue weighted by Crippen LogP contribution is 2.30. The molecule has 118 valence electrons. The largest absolute Gasteiger partial charge is 0.416 e. The lowest BCUT2D eigenvalue weighted by Crippen LogP contribution is -2.36. The number of hydrogen-bond donors (Lipinski definition) is 2. The van der Waals surface area contributed by atoms with E-state index in [4.69, 9.17) is 0 Å². The number of benzene rings is 1. The minimum Gasteiger partial charge on any atom is -0.349 e. The van der Waals surface area contributed by atoms with Crippen LogP contribution >= 0.6 is 0 Å². The number of carbonyl (C=O) groups is 1. The van der Waals surface area contributed by atoms with Crippen LogP contribution in [0, 0.1) is 5.92 Å². The van der Waals surface area contributed by atoms with Gasteiger partial charge in [-0.1, -0.05) is 26.0 Å². The molecule has 0 heterocycles. The van der Waals surface area contributed by atoms with Crippen LogP contribution in [0.15, 0.2) is 24.3 Å². The zero-order chi connectivity index (χ0) is 16.0. The molecule has 0 bridgehead atoms. The first-order chi connectivity index (χ1) is 9.75. The van der Waals surface area contributed by atoms with Crippen molar-refractivity contribution in [2.45, 2.75) is 33.0 Å². The van der Waals surface area contributed by atoms with Crippen LogP contribution in [0.5, 0.6) is 0 Å². The summed E-state index contributed by atoms with van der Waals surface area (Å²) in [6.07, 6.45) is -4.38. The summed E-state index contributed by atoms with van der Waals surface area (Å²) in [7, 11) is 0. The fraction of sp³-hybridized carbons (Fsp3) is 0.533. The van der Waals surface area contributed by atoms with E-state index in [0.717, 1.165) is 18.7 Å². The maximum absolute atomic E-state index is 12.7. The Morgan fingerprint density at radius 2 is 1.95 bits per heavy atom. The summed E-state index contributed by atoms with van der Waals surface area (Å²) < 4.78 is 38.0. The summed E-state index contributed by atoms with van der Waals surface area (Å²) in [6.45, 7) is 6.69. The van der Waals surface area contributed by atoms with Crippen molar-refractivity contribution in [2.24, 2.45) is 5.92 Å². The Labute approximate surface area is 122 Å². The van der Waals surface area contributed by atoms with Gasteiger partial charge in [-0.2, -0.15) is 13.2 Å². The lowest BCUT2D eigenvalue weighted by atomic mass is 10.0. The number of nitrogens with one attached hydrogen (secondary N) is 2. The van der Waals surface area contributed by atoms with Crippen molar-refractivity contribution in [3.8, 4) is 0 Å². The number of carbonyl (C=O) groups excluding carboxylic acids is 1. The van der Waals surface area contributed by atoms with Crippen LogP contribution in [-0.2, 0) is 11.0 Å². The van der Waals surface area contributed by atoms with E-state index in [9.17, 15) is 18.0 Å². The van der Waals surface area contributed by atoms with Gasteiger partial charge in [0.2, 0.25) is 5.91 Å². The minimum absolute atomic E-state index is 0.180. The summed E-state index contributed by atoms with van der Waals surface area (Å²) in [5.41, 5.74) is -0.268. The van der Waals surface area contributed by atoms with Gasteiger partial charge in [-0.3, -0.25) is 4.79 Å². The highest BCUT2D eigenvalue weighted by Gasteiger charge is 2.30. The monoisotopic (exact) mass is 302 g/mol. The Morgan fingerprint density at radius 1 is 1.29 bits per heavy atom. The second kappa shape index (κ2) is 7.45. The third-order valence-corrected chi connectivity index (χ3v) is 3.22. The normalized spacial score (nSPS) is 14.6. The lowest BCUT2D eigenvalue weighted by molar-refractivity contribution is -0.137. The molecular formula is C15H21F3N2O. The molecule has 1 amide bonds. The molecule has 0 aliphatic rings. The lowest BCUT2D eigenvalue weighted by Gasteiger charge is -2.19. The average molecular weight is 302 g/mol. The van der Waals surface area contributed by atoms with Gasteiger partial charge in [-0.25, -0.2) is 0 Å². The van der Waals surface area contributed by atoms with Crippen molar-refractivity contribution < 1.29 is 18.0 Å². The Morgan fingerprint density at radius 3 is 2.52 bits per heavy atom. The summed E-state index contributed by atoms with van der Waals surface area (Å²) in [5.74, 6) is -0.418. The van der Waals surface area contributed by atoms with E-state index in [1.165, 1.54) is 6.07 Å². The highest BCUT2D eigenvalue weighted by atomic mass is 19.4. The quantitative estimate of drug-likeness (QED) is 0.847. The van der Waals surface area contributed by atoms with Crippen molar-refractivity contribution in [2.75, 3.05) is 13.1 Å². The predicted molar refractivity (Wildman–Crippen MR) is 75.7 cm³/mol. The van der Waals surface area contributed by atoms with Gasteiger partial charge >= 0.3 is 6.18 Å². The summed E-state index contributed by atoms with van der Waals surface area (Å²) in [4.78, 5) is 11.9. The van der Waals surface area contributed by atoms with Gasteiger partial charge in [-0.15, -0.1) is 0 Å². The molecule has 0 aliphatic carbocycles. The molecular weight excluding hydrogens is 281 g/mol. The first-order valence-corrected chi connectivity index (χ1v) is 6.94. The molecule has 0 radical (unpaired) electrons. The van der Waals surface area contributed by atoms with Gasteiger partial charge in [0.05, 0.1) is 11.6 Å². The van der Waals surface area contributed by atoms with Gasteiger partial charge < -0.3 is 10.6 Å². The summed E-state index contributed by atoms with van der Waals surface area (Å²) >= 11 is 0. The standard InChI is InChI=1S/C15H21F3N2O/c1-4-19-9-10(2)14(21)20-11(3)12-6-5-7-13(8-12)15(16,17)18/h5-8,10-11,19H,4,9H2,1-3H3,(H,20,21). The predicted octanol–water partition coefficient (Wildman–Crippen LogP) is 3.13. The van der Waals surface area contributed by atoms with E-state index in [1.807, 2.05) is 6.92 Å². The Kier molecular flexibility index (Phi) is 6.20. The fourth-order valence-corrected chi connectivity index (χ4v) is 1.88. The van der Waals surface area contributed by atoms with E-state index >= 15 is 0 Å². The van der Waals surface area contributed by atoms with Gasteiger partial charge in [0.1, 0.15) is 0 Å². The molecule has 0 spiro atoms. The van der Waals surface area contributed by atoms with Gasteiger partial charge in [-0.05, 0) is 31.2 Å². The van der Waals surface area contributed by atoms with Crippen LogP contribution in [0.2, 0.25) is 0 Å². The molecule has 2 unspecified atom stereocenters. The van der Waals surface area contributed by atoms with Crippen molar-refractivity contribution >= 4 is 5.91 Å². The van der Waals surface area contributed by atoms with E-state index < -0.39 is 17.8 Å². The topological polar surface area (TPSA) is 41.1 Å². The van der Waals surface area contributed by atoms with Crippen LogP contribution in [0.3, 0.4) is 0 Å². The molecule has 1 rings (SSSR count). The molecule has 0 saturated carbocycles. The van der Waals surface area contributed by atoms with Crippen LogP contribution in [0.4, 0.5) is 13.2 Å². The molecule has 21 heavy (non-hydrogen) atoms. The zero-order valence-corrected chi connectivity index (χ0v) is 12.4. The molecule has 2 N–H and O–H groups in total. The maximum atomic E-state index is 12.7. The van der Waals surface area contributed by atoms with Crippen molar-refractivity contribution in [1.29, 1.82) is 0 Å². The van der Waals surface area contributed by atoms with E-state index in [0.29, 0.717) is 12.1 Å². The van der Waals surface area contributed by atoms with E-state index in [-0.39, 0.29) is 11.8 Å². The molecule has 0 aromatic heterocycles.